The number of ether oxygens (including phenoxy) is 1. The summed E-state index contributed by atoms with van der Waals surface area (Å²) in [4.78, 5) is 15.1. The SMILES string of the molecule is O=C([O-])c1cc(F)cc(C2=C(c3cc(C(F)(F)F)cnc3OCc3ccc(Br)cc3F)CCC2)c1. The van der Waals surface area contributed by atoms with Crippen LogP contribution in [-0.2, 0) is 12.8 Å². The largest absolute Gasteiger partial charge is 0.545 e. The smallest absolute Gasteiger partial charge is 0.417 e. The van der Waals surface area contributed by atoms with E-state index in [0.29, 0.717) is 41.1 Å². The van der Waals surface area contributed by atoms with Crippen molar-refractivity contribution in [2.75, 3.05) is 0 Å². The van der Waals surface area contributed by atoms with E-state index in [1.54, 1.807) is 6.07 Å². The van der Waals surface area contributed by atoms with Crippen LogP contribution in [0.5, 0.6) is 5.88 Å². The van der Waals surface area contributed by atoms with Crippen molar-refractivity contribution in [2.45, 2.75) is 32.0 Å². The highest BCUT2D eigenvalue weighted by molar-refractivity contribution is 9.10. The summed E-state index contributed by atoms with van der Waals surface area (Å²) in [6.45, 7) is -0.290. The van der Waals surface area contributed by atoms with Gasteiger partial charge >= 0.3 is 6.18 Å². The van der Waals surface area contributed by atoms with Crippen molar-refractivity contribution in [3.05, 3.63) is 92.6 Å². The molecule has 0 saturated heterocycles. The third-order valence-corrected chi connectivity index (χ3v) is 6.08. The number of hydrogen-bond donors (Lipinski definition) is 0. The predicted molar refractivity (Wildman–Crippen MR) is 119 cm³/mol. The standard InChI is InChI=1S/C25H17BrF5NO3/c26-17-5-4-13(22(28)10-17)12-35-23-21(9-16(11-32-23)25(29,30)31)20-3-1-2-19(20)14-6-15(24(33)34)8-18(27)7-14/h4-11H,1-3,12H2,(H,33,34)/p-1. The number of nitrogens with zero attached hydrogens (tertiary/aromatic N) is 1. The molecule has 1 aliphatic carbocycles. The summed E-state index contributed by atoms with van der Waals surface area (Å²) < 4.78 is 74.9. The lowest BCUT2D eigenvalue weighted by atomic mass is 9.95. The van der Waals surface area contributed by atoms with Gasteiger partial charge in [-0.15, -0.1) is 0 Å². The van der Waals surface area contributed by atoms with Gasteiger partial charge in [0.15, 0.2) is 0 Å². The number of pyridine rings is 1. The monoisotopic (exact) mass is 552 g/mol. The summed E-state index contributed by atoms with van der Waals surface area (Å²) in [6, 6.07) is 8.33. The Morgan fingerprint density at radius 2 is 1.80 bits per heavy atom. The van der Waals surface area contributed by atoms with Crippen LogP contribution in [0.4, 0.5) is 22.0 Å². The first-order valence-electron chi connectivity index (χ1n) is 10.4. The van der Waals surface area contributed by atoms with Crippen LogP contribution in [0.3, 0.4) is 0 Å². The molecule has 182 valence electrons. The molecule has 0 fully saturated rings. The van der Waals surface area contributed by atoms with E-state index in [1.165, 1.54) is 18.2 Å². The lowest BCUT2D eigenvalue weighted by Gasteiger charge is -2.17. The molecular formula is C25H16BrF5NO3-. The Morgan fingerprint density at radius 3 is 2.49 bits per heavy atom. The molecule has 4 nitrogen and oxygen atoms in total. The minimum absolute atomic E-state index is 0.0316. The first-order valence-corrected chi connectivity index (χ1v) is 11.2. The van der Waals surface area contributed by atoms with Crippen LogP contribution in [0.15, 0.2) is 53.1 Å². The van der Waals surface area contributed by atoms with Gasteiger partial charge in [0.05, 0.1) is 11.5 Å². The number of aromatic nitrogens is 1. The van der Waals surface area contributed by atoms with Crippen molar-refractivity contribution in [2.24, 2.45) is 0 Å². The number of alkyl halides is 3. The van der Waals surface area contributed by atoms with Crippen molar-refractivity contribution >= 4 is 33.0 Å². The molecule has 0 atom stereocenters. The van der Waals surface area contributed by atoms with Crippen LogP contribution in [0.25, 0.3) is 11.1 Å². The molecule has 0 N–H and O–H groups in total. The van der Waals surface area contributed by atoms with Gasteiger partial charge < -0.3 is 14.6 Å². The van der Waals surface area contributed by atoms with E-state index >= 15 is 0 Å². The average Bonchev–Trinajstić information content (AvgIpc) is 3.27. The number of aromatic carboxylic acids is 1. The first-order chi connectivity index (χ1) is 16.5. The van der Waals surface area contributed by atoms with Crippen molar-refractivity contribution < 1.29 is 36.6 Å². The van der Waals surface area contributed by atoms with Crippen LogP contribution in [0.1, 0.15) is 51.9 Å². The highest BCUT2D eigenvalue weighted by Crippen LogP contribution is 2.44. The van der Waals surface area contributed by atoms with Crippen LogP contribution >= 0.6 is 15.9 Å². The summed E-state index contributed by atoms with van der Waals surface area (Å²) >= 11 is 3.15. The Hall–Kier alpha value is -3.27. The average molecular weight is 553 g/mol. The molecule has 0 bridgehead atoms. The summed E-state index contributed by atoms with van der Waals surface area (Å²) in [7, 11) is 0. The summed E-state index contributed by atoms with van der Waals surface area (Å²) in [5.41, 5.74) is -0.0721. The van der Waals surface area contributed by atoms with E-state index < -0.39 is 29.3 Å². The van der Waals surface area contributed by atoms with Gasteiger partial charge in [-0.3, -0.25) is 0 Å². The first kappa shape index (κ1) is 24.8. The zero-order valence-corrected chi connectivity index (χ0v) is 19.5. The number of benzene rings is 2. The van der Waals surface area contributed by atoms with Crippen molar-refractivity contribution in [3.63, 3.8) is 0 Å². The lowest BCUT2D eigenvalue weighted by molar-refractivity contribution is -0.255. The Kier molecular flexibility index (Phi) is 6.93. The summed E-state index contributed by atoms with van der Waals surface area (Å²) in [6.07, 6.45) is -2.81. The molecular weight excluding hydrogens is 537 g/mol. The lowest BCUT2D eigenvalue weighted by Crippen LogP contribution is -2.22. The maximum atomic E-state index is 14.2. The zero-order chi connectivity index (χ0) is 25.3. The number of carboxylic acid groups (broad SMARTS) is 1. The van der Waals surface area contributed by atoms with Crippen LogP contribution < -0.4 is 9.84 Å². The van der Waals surface area contributed by atoms with Gasteiger partial charge in [0.1, 0.15) is 18.2 Å². The molecule has 10 heteroatoms. The Labute approximate surface area is 205 Å². The zero-order valence-electron chi connectivity index (χ0n) is 17.9. The molecule has 0 spiro atoms. The third-order valence-electron chi connectivity index (χ3n) is 5.58. The van der Waals surface area contributed by atoms with Crippen LogP contribution in [0.2, 0.25) is 0 Å². The Morgan fingerprint density at radius 1 is 1.06 bits per heavy atom. The maximum Gasteiger partial charge on any atom is 0.417 e. The van der Waals surface area contributed by atoms with Gasteiger partial charge in [0.25, 0.3) is 0 Å². The number of carbonyl (C=O) groups is 1. The molecule has 35 heavy (non-hydrogen) atoms. The highest BCUT2D eigenvalue weighted by atomic mass is 79.9. The molecule has 1 aliphatic rings. The number of halogens is 6. The summed E-state index contributed by atoms with van der Waals surface area (Å²) in [5, 5.41) is 11.3. The van der Waals surface area contributed by atoms with Gasteiger partial charge in [-0.1, -0.05) is 22.0 Å². The number of allylic oxidation sites excluding steroid dienone is 2. The molecule has 2 aromatic carbocycles. The topological polar surface area (TPSA) is 62.2 Å². The van der Waals surface area contributed by atoms with Gasteiger partial charge in [-0.05, 0) is 72.4 Å². The second kappa shape index (κ2) is 9.77. The maximum absolute atomic E-state index is 14.2. The molecule has 3 aromatic rings. The highest BCUT2D eigenvalue weighted by Gasteiger charge is 2.33. The minimum atomic E-state index is -4.68. The summed E-state index contributed by atoms with van der Waals surface area (Å²) in [5.74, 6) is -3.11. The number of rotatable bonds is 6. The predicted octanol–water partition coefficient (Wildman–Crippen LogP) is 6.18. The van der Waals surface area contributed by atoms with E-state index in [2.05, 4.69) is 20.9 Å². The number of carbonyl (C=O) groups excluding carboxylic acids is 1. The number of carboxylic acids is 1. The fraction of sp³-hybridized carbons (Fsp3) is 0.200. The molecule has 0 radical (unpaired) electrons. The molecule has 1 aromatic heterocycles. The van der Waals surface area contributed by atoms with Crippen molar-refractivity contribution in [3.8, 4) is 5.88 Å². The van der Waals surface area contributed by atoms with Crippen molar-refractivity contribution in [1.29, 1.82) is 0 Å². The third kappa shape index (κ3) is 5.53. The van der Waals surface area contributed by atoms with Crippen LogP contribution in [-0.4, -0.2) is 11.0 Å². The van der Waals surface area contributed by atoms with E-state index in [0.717, 1.165) is 18.2 Å². The van der Waals surface area contributed by atoms with E-state index in [4.69, 9.17) is 4.74 Å². The van der Waals surface area contributed by atoms with E-state index in [9.17, 15) is 31.9 Å². The molecule has 0 amide bonds. The minimum Gasteiger partial charge on any atom is -0.545 e. The molecule has 1 heterocycles. The van der Waals surface area contributed by atoms with Gasteiger partial charge in [0, 0.05) is 27.4 Å². The molecule has 0 aliphatic heterocycles. The normalized spacial score (nSPS) is 13.9. The Bertz CT molecular complexity index is 1340. The van der Waals surface area contributed by atoms with Gasteiger partial charge in [-0.25, -0.2) is 13.8 Å². The van der Waals surface area contributed by atoms with E-state index in [1.807, 2.05) is 0 Å². The van der Waals surface area contributed by atoms with Gasteiger partial charge in [-0.2, -0.15) is 13.2 Å². The fourth-order valence-electron chi connectivity index (χ4n) is 3.96. The van der Waals surface area contributed by atoms with Crippen molar-refractivity contribution in [1.82, 2.24) is 4.98 Å². The second-order valence-corrected chi connectivity index (χ2v) is 8.84. The Balaban J connectivity index is 1.81. The van der Waals surface area contributed by atoms with E-state index in [-0.39, 0.29) is 34.7 Å². The molecule has 4 rings (SSSR count). The molecule has 0 saturated carbocycles. The molecule has 0 unspecified atom stereocenters. The van der Waals surface area contributed by atoms with Gasteiger partial charge in [0.2, 0.25) is 5.88 Å². The second-order valence-electron chi connectivity index (χ2n) is 7.93. The fourth-order valence-corrected chi connectivity index (χ4v) is 4.30. The van der Waals surface area contributed by atoms with Crippen LogP contribution in [0, 0.1) is 11.6 Å². The number of hydrogen-bond acceptors (Lipinski definition) is 4. The quantitative estimate of drug-likeness (QED) is 0.343.